The van der Waals surface area contributed by atoms with Gasteiger partial charge in [0.2, 0.25) is 0 Å². The molecule has 246 valence electrons. The second-order valence-electron chi connectivity index (χ2n) is 11.8. The molecule has 0 fully saturated rings. The number of carbonyl (C=O) groups excluding carboxylic acids is 3. The first-order chi connectivity index (χ1) is 22.3. The Balaban J connectivity index is 1.31. The molecule has 0 spiro atoms. The second-order valence-corrected chi connectivity index (χ2v) is 11.8. The fourth-order valence-corrected chi connectivity index (χ4v) is 4.83. The first-order valence-corrected chi connectivity index (χ1v) is 14.9. The number of benzene rings is 4. The van der Waals surface area contributed by atoms with E-state index in [2.05, 4.69) is 10.6 Å². The fourth-order valence-electron chi connectivity index (χ4n) is 4.83. The van der Waals surface area contributed by atoms with Crippen LogP contribution in [0.5, 0.6) is 17.2 Å². The van der Waals surface area contributed by atoms with Crippen LogP contribution in [0.15, 0.2) is 84.9 Å². The summed E-state index contributed by atoms with van der Waals surface area (Å²) in [6.07, 6.45) is 0.133. The summed E-state index contributed by atoms with van der Waals surface area (Å²) < 4.78 is 27.4. The summed E-state index contributed by atoms with van der Waals surface area (Å²) in [5.74, 6) is 1.69. The van der Waals surface area contributed by atoms with Gasteiger partial charge in [-0.1, -0.05) is 24.3 Å². The molecule has 0 unspecified atom stereocenters. The van der Waals surface area contributed by atoms with Gasteiger partial charge in [-0.3, -0.25) is 15.4 Å². The van der Waals surface area contributed by atoms with Crippen molar-refractivity contribution in [1.29, 1.82) is 0 Å². The number of ether oxygens (including phenoxy) is 5. The van der Waals surface area contributed by atoms with E-state index >= 15 is 0 Å². The summed E-state index contributed by atoms with van der Waals surface area (Å²) in [4.78, 5) is 36.8. The van der Waals surface area contributed by atoms with Crippen LogP contribution in [0.1, 0.15) is 60.3 Å². The molecule has 0 saturated heterocycles. The third-order valence-corrected chi connectivity index (χ3v) is 7.55. The van der Waals surface area contributed by atoms with Gasteiger partial charge in [0.15, 0.2) is 0 Å². The summed E-state index contributed by atoms with van der Waals surface area (Å²) in [5, 5.41) is 5.54. The maximum absolute atomic E-state index is 12.7. The molecule has 47 heavy (non-hydrogen) atoms. The normalized spacial score (nSPS) is 11.2. The topological polar surface area (TPSA) is 121 Å². The monoisotopic (exact) mass is 640 g/mol. The number of anilines is 2. The molecule has 0 radical (unpaired) electrons. The Morgan fingerprint density at radius 2 is 0.979 bits per heavy atom. The largest absolute Gasteiger partial charge is 0.497 e. The number of hydrogen-bond acceptors (Lipinski definition) is 8. The highest BCUT2D eigenvalue weighted by atomic mass is 16.6. The van der Waals surface area contributed by atoms with Crippen molar-refractivity contribution < 1.29 is 38.1 Å². The molecule has 0 aromatic heterocycles. The van der Waals surface area contributed by atoms with Crippen LogP contribution >= 0.6 is 0 Å². The van der Waals surface area contributed by atoms with Gasteiger partial charge in [0.1, 0.15) is 34.7 Å². The fraction of sp³-hybridized carbons (Fsp3) is 0.270. The number of hydrogen-bond donors (Lipinski definition) is 2. The van der Waals surface area contributed by atoms with Crippen LogP contribution in [0.25, 0.3) is 0 Å². The molecule has 4 rings (SSSR count). The van der Waals surface area contributed by atoms with Gasteiger partial charge < -0.3 is 23.7 Å². The Morgan fingerprint density at radius 1 is 0.596 bits per heavy atom. The van der Waals surface area contributed by atoms with Gasteiger partial charge in [-0.15, -0.1) is 0 Å². The van der Waals surface area contributed by atoms with E-state index in [4.69, 9.17) is 23.7 Å². The molecule has 0 aliphatic heterocycles. The maximum atomic E-state index is 12.7. The lowest BCUT2D eigenvalue weighted by molar-refractivity contribution is 0.0455. The van der Waals surface area contributed by atoms with Crippen LogP contribution in [0.2, 0.25) is 0 Å². The van der Waals surface area contributed by atoms with E-state index < -0.39 is 23.4 Å². The number of nitrogens with one attached hydrogen (secondary N) is 2. The van der Waals surface area contributed by atoms with Gasteiger partial charge in [0.25, 0.3) is 0 Å². The van der Waals surface area contributed by atoms with Crippen molar-refractivity contribution in [3.05, 3.63) is 113 Å². The summed E-state index contributed by atoms with van der Waals surface area (Å²) in [7, 11) is 4.64. The highest BCUT2D eigenvalue weighted by Gasteiger charge is 2.28. The number of rotatable bonds is 12. The van der Waals surface area contributed by atoms with Crippen LogP contribution in [-0.4, -0.2) is 39.8 Å². The molecule has 4 aromatic carbocycles. The standard InChI is InChI=1S/C37H40N2O8/c1-36(2,27-17-26(23-40)18-31(19-27)43-5)46-34(41)38-29-12-8-24(9-13-29)16-25-10-14-30(15-11-25)39-35(42)47-37(3,4)28-20-32(44-6)22-33(21-28)45-7/h8-15,17-23H,16H2,1-7H3,(H,38,41)(H,39,42). The van der Waals surface area contributed by atoms with E-state index in [1.165, 1.54) is 7.11 Å². The third-order valence-electron chi connectivity index (χ3n) is 7.55. The number of methoxy groups -OCH3 is 3. The highest BCUT2D eigenvalue weighted by molar-refractivity contribution is 5.85. The van der Waals surface area contributed by atoms with Gasteiger partial charge in [-0.2, -0.15) is 0 Å². The summed E-state index contributed by atoms with van der Waals surface area (Å²) in [5.41, 5.74) is 3.03. The predicted octanol–water partition coefficient (Wildman–Crippen LogP) is 8.08. The minimum Gasteiger partial charge on any atom is -0.497 e. The van der Waals surface area contributed by atoms with Crippen molar-refractivity contribution in [2.24, 2.45) is 0 Å². The number of carbonyl (C=O) groups is 3. The average molecular weight is 641 g/mol. The minimum atomic E-state index is -1.02. The molecule has 10 heteroatoms. The summed E-state index contributed by atoms with van der Waals surface area (Å²) in [6.45, 7) is 7.07. The zero-order valence-electron chi connectivity index (χ0n) is 27.6. The molecule has 0 heterocycles. The summed E-state index contributed by atoms with van der Waals surface area (Å²) >= 11 is 0. The van der Waals surface area contributed by atoms with Crippen molar-refractivity contribution >= 4 is 29.8 Å². The van der Waals surface area contributed by atoms with Crippen molar-refractivity contribution in [2.75, 3.05) is 32.0 Å². The van der Waals surface area contributed by atoms with Crippen LogP contribution < -0.4 is 24.8 Å². The molecular weight excluding hydrogens is 600 g/mol. The molecule has 0 aliphatic rings. The number of aldehydes is 1. The molecule has 2 amide bonds. The quantitative estimate of drug-likeness (QED) is 0.149. The van der Waals surface area contributed by atoms with E-state index in [0.29, 0.717) is 46.2 Å². The smallest absolute Gasteiger partial charge is 0.412 e. The second kappa shape index (κ2) is 14.7. The van der Waals surface area contributed by atoms with Crippen LogP contribution in [0, 0.1) is 0 Å². The number of amides is 2. The molecule has 10 nitrogen and oxygen atoms in total. The van der Waals surface area contributed by atoms with Crippen LogP contribution in [-0.2, 0) is 27.1 Å². The van der Waals surface area contributed by atoms with Gasteiger partial charge in [0, 0.05) is 28.6 Å². The lowest BCUT2D eigenvalue weighted by Crippen LogP contribution is -2.28. The Kier molecular flexibility index (Phi) is 10.8. The third kappa shape index (κ3) is 9.26. The van der Waals surface area contributed by atoms with Gasteiger partial charge in [-0.05, 0) is 105 Å². The molecule has 0 bridgehead atoms. The maximum Gasteiger partial charge on any atom is 0.412 e. The average Bonchev–Trinajstić information content (AvgIpc) is 3.05. The zero-order valence-corrected chi connectivity index (χ0v) is 27.6. The molecule has 0 atom stereocenters. The zero-order chi connectivity index (χ0) is 34.2. The minimum absolute atomic E-state index is 0.423. The van der Waals surface area contributed by atoms with E-state index in [9.17, 15) is 14.4 Å². The summed E-state index contributed by atoms with van der Waals surface area (Å²) in [6, 6.07) is 25.3. The lowest BCUT2D eigenvalue weighted by atomic mass is 9.96. The van der Waals surface area contributed by atoms with E-state index in [1.54, 1.807) is 90.4 Å². The van der Waals surface area contributed by atoms with E-state index in [1.807, 2.05) is 36.4 Å². The Morgan fingerprint density at radius 3 is 1.36 bits per heavy atom. The van der Waals surface area contributed by atoms with Crippen LogP contribution in [0.4, 0.5) is 21.0 Å². The van der Waals surface area contributed by atoms with Crippen molar-refractivity contribution in [3.63, 3.8) is 0 Å². The first kappa shape index (κ1) is 34.4. The first-order valence-electron chi connectivity index (χ1n) is 14.9. The van der Waals surface area contributed by atoms with Gasteiger partial charge in [-0.25, -0.2) is 9.59 Å². The molecule has 0 saturated carbocycles. The van der Waals surface area contributed by atoms with Gasteiger partial charge in [0.05, 0.1) is 21.3 Å². The molecule has 0 aliphatic carbocycles. The molecular formula is C37H40N2O8. The molecule has 2 N–H and O–H groups in total. The lowest BCUT2D eigenvalue weighted by Gasteiger charge is -2.26. The van der Waals surface area contributed by atoms with E-state index in [0.717, 1.165) is 23.0 Å². The highest BCUT2D eigenvalue weighted by Crippen LogP contribution is 2.33. The SMILES string of the molecule is COc1cc(C=O)cc(C(C)(C)OC(=O)Nc2ccc(Cc3ccc(NC(=O)OC(C)(C)c4cc(OC)cc(OC)c4)cc3)cc2)c1. The Hall–Kier alpha value is -5.51. The van der Waals surface area contributed by atoms with Crippen LogP contribution in [0.3, 0.4) is 0 Å². The van der Waals surface area contributed by atoms with E-state index in [-0.39, 0.29) is 0 Å². The van der Waals surface area contributed by atoms with Gasteiger partial charge >= 0.3 is 12.2 Å². The predicted molar refractivity (Wildman–Crippen MR) is 180 cm³/mol. The Labute approximate surface area is 274 Å². The molecule has 4 aromatic rings. The van der Waals surface area contributed by atoms with Crippen molar-refractivity contribution in [3.8, 4) is 17.2 Å². The van der Waals surface area contributed by atoms with Crippen molar-refractivity contribution in [2.45, 2.75) is 45.3 Å². The Bertz CT molecular complexity index is 1690. The van der Waals surface area contributed by atoms with Crippen molar-refractivity contribution in [1.82, 2.24) is 0 Å².